The second-order valence-corrected chi connectivity index (χ2v) is 7.51. The summed E-state index contributed by atoms with van der Waals surface area (Å²) in [7, 11) is 0. The minimum Gasteiger partial charge on any atom is -0.322 e. The highest BCUT2D eigenvalue weighted by molar-refractivity contribution is 14.1. The van der Waals surface area contributed by atoms with E-state index in [1.54, 1.807) is 54.6 Å². The van der Waals surface area contributed by atoms with Crippen molar-refractivity contribution < 1.29 is 14.4 Å². The molecule has 0 fully saturated rings. The topological polar surface area (TPSA) is 87.3 Å². The van der Waals surface area contributed by atoms with E-state index in [2.05, 4.69) is 38.8 Å². The Kier molecular flexibility index (Phi) is 6.61. The fourth-order valence-corrected chi connectivity index (χ4v) is 3.16. The van der Waals surface area contributed by atoms with E-state index in [9.17, 15) is 14.4 Å². The van der Waals surface area contributed by atoms with Crippen molar-refractivity contribution in [3.63, 3.8) is 0 Å². The number of nitrogens with one attached hydrogen (secondary N) is 3. The summed E-state index contributed by atoms with van der Waals surface area (Å²) < 4.78 is 0.921. The highest BCUT2D eigenvalue weighted by Gasteiger charge is 2.11. The molecule has 3 amide bonds. The number of amides is 3. The molecular formula is C22H18IN3O3. The summed E-state index contributed by atoms with van der Waals surface area (Å²) in [5, 5.41) is 2.80. The van der Waals surface area contributed by atoms with Crippen LogP contribution in [-0.2, 0) is 0 Å². The highest BCUT2D eigenvalue weighted by atomic mass is 127. The fourth-order valence-electron chi connectivity index (χ4n) is 2.62. The van der Waals surface area contributed by atoms with Crippen molar-refractivity contribution in [2.75, 3.05) is 5.32 Å². The Morgan fingerprint density at radius 2 is 1.38 bits per heavy atom. The van der Waals surface area contributed by atoms with Crippen LogP contribution >= 0.6 is 22.6 Å². The standard InChI is InChI=1S/C22H18IN3O3/c1-14-5-2-3-8-19(14)22(29)24-18-11-9-15(10-12-18)20(27)25-26-21(28)16-6-4-7-17(23)13-16/h2-13H,1H3,(H,24,29)(H,25,27)(H,26,28). The summed E-state index contributed by atoms with van der Waals surface area (Å²) in [6.45, 7) is 1.87. The first-order valence-electron chi connectivity index (χ1n) is 8.77. The normalized spacial score (nSPS) is 10.1. The van der Waals surface area contributed by atoms with Crippen molar-refractivity contribution in [1.29, 1.82) is 0 Å². The lowest BCUT2D eigenvalue weighted by Crippen LogP contribution is -2.41. The van der Waals surface area contributed by atoms with Gasteiger partial charge in [0.15, 0.2) is 0 Å². The van der Waals surface area contributed by atoms with E-state index in [1.807, 2.05) is 25.1 Å². The van der Waals surface area contributed by atoms with Gasteiger partial charge >= 0.3 is 0 Å². The molecule has 0 aromatic heterocycles. The van der Waals surface area contributed by atoms with Gasteiger partial charge < -0.3 is 5.32 Å². The zero-order valence-corrected chi connectivity index (χ0v) is 17.7. The van der Waals surface area contributed by atoms with Crippen LogP contribution in [-0.4, -0.2) is 17.7 Å². The third-order valence-electron chi connectivity index (χ3n) is 4.17. The molecule has 0 aliphatic heterocycles. The lowest BCUT2D eigenvalue weighted by molar-refractivity contribution is 0.0846. The van der Waals surface area contributed by atoms with Gasteiger partial charge in [0.25, 0.3) is 17.7 Å². The summed E-state index contributed by atoms with van der Waals surface area (Å²) in [5.74, 6) is -1.08. The molecule has 0 heterocycles. The molecule has 0 radical (unpaired) electrons. The largest absolute Gasteiger partial charge is 0.322 e. The smallest absolute Gasteiger partial charge is 0.269 e. The molecule has 3 aromatic rings. The predicted octanol–water partition coefficient (Wildman–Crippen LogP) is 3.93. The average molecular weight is 499 g/mol. The molecule has 0 saturated heterocycles. The van der Waals surface area contributed by atoms with Crippen molar-refractivity contribution >= 4 is 46.0 Å². The molecule has 29 heavy (non-hydrogen) atoms. The Morgan fingerprint density at radius 1 is 0.724 bits per heavy atom. The maximum atomic E-state index is 12.4. The first kappa shape index (κ1) is 20.5. The maximum absolute atomic E-state index is 12.4. The Balaban J connectivity index is 1.58. The number of rotatable bonds is 4. The van der Waals surface area contributed by atoms with E-state index in [1.165, 1.54) is 0 Å². The van der Waals surface area contributed by atoms with Gasteiger partial charge in [0, 0.05) is 25.9 Å². The summed E-state index contributed by atoms with van der Waals surface area (Å²) in [4.78, 5) is 36.7. The van der Waals surface area contributed by atoms with Gasteiger partial charge in [0.1, 0.15) is 0 Å². The second kappa shape index (κ2) is 9.33. The van der Waals surface area contributed by atoms with Gasteiger partial charge in [-0.05, 0) is 83.6 Å². The molecule has 3 rings (SSSR count). The van der Waals surface area contributed by atoms with E-state index >= 15 is 0 Å². The van der Waals surface area contributed by atoms with Crippen LogP contribution in [0.15, 0.2) is 72.8 Å². The summed E-state index contributed by atoms with van der Waals surface area (Å²) >= 11 is 2.11. The number of halogens is 1. The molecule has 3 aromatic carbocycles. The molecule has 0 aliphatic rings. The molecule has 0 bridgehead atoms. The van der Waals surface area contributed by atoms with Gasteiger partial charge in [-0.1, -0.05) is 24.3 Å². The number of carbonyl (C=O) groups excluding carboxylic acids is 3. The summed E-state index contributed by atoms with van der Waals surface area (Å²) in [6, 6.07) is 20.7. The number of hydrazine groups is 1. The van der Waals surface area contributed by atoms with Gasteiger partial charge in [-0.15, -0.1) is 0 Å². The van der Waals surface area contributed by atoms with Gasteiger partial charge in [0.2, 0.25) is 0 Å². The average Bonchev–Trinajstić information content (AvgIpc) is 2.72. The van der Waals surface area contributed by atoms with E-state index in [-0.39, 0.29) is 5.91 Å². The molecule has 146 valence electrons. The van der Waals surface area contributed by atoms with E-state index in [0.29, 0.717) is 22.4 Å². The number of carbonyl (C=O) groups is 3. The van der Waals surface area contributed by atoms with E-state index in [0.717, 1.165) is 9.13 Å². The Hall–Kier alpha value is -3.20. The van der Waals surface area contributed by atoms with Crippen LogP contribution < -0.4 is 16.2 Å². The molecule has 0 aliphatic carbocycles. The molecule has 7 heteroatoms. The molecule has 0 atom stereocenters. The monoisotopic (exact) mass is 499 g/mol. The van der Waals surface area contributed by atoms with Crippen LogP contribution in [0, 0.1) is 10.5 Å². The van der Waals surface area contributed by atoms with Crippen molar-refractivity contribution in [2.45, 2.75) is 6.92 Å². The number of aryl methyl sites for hydroxylation is 1. The zero-order valence-electron chi connectivity index (χ0n) is 15.5. The van der Waals surface area contributed by atoms with E-state index < -0.39 is 11.8 Å². The molecule has 0 spiro atoms. The van der Waals surface area contributed by atoms with Crippen LogP contribution in [0.4, 0.5) is 5.69 Å². The molecule has 3 N–H and O–H groups in total. The van der Waals surface area contributed by atoms with Crippen molar-refractivity contribution in [3.8, 4) is 0 Å². The highest BCUT2D eigenvalue weighted by Crippen LogP contribution is 2.13. The Bertz CT molecular complexity index is 1060. The van der Waals surface area contributed by atoms with Crippen LogP contribution in [0.25, 0.3) is 0 Å². The predicted molar refractivity (Wildman–Crippen MR) is 120 cm³/mol. The molecule has 6 nitrogen and oxygen atoms in total. The summed E-state index contributed by atoms with van der Waals surface area (Å²) in [5.41, 5.74) is 7.61. The van der Waals surface area contributed by atoms with Gasteiger partial charge in [-0.25, -0.2) is 0 Å². The van der Waals surface area contributed by atoms with Gasteiger partial charge in [0.05, 0.1) is 0 Å². The van der Waals surface area contributed by atoms with Crippen LogP contribution in [0.5, 0.6) is 0 Å². The number of anilines is 1. The van der Waals surface area contributed by atoms with Crippen molar-refractivity contribution in [1.82, 2.24) is 10.9 Å². The minimum absolute atomic E-state index is 0.218. The number of hydrogen-bond acceptors (Lipinski definition) is 3. The molecule has 0 saturated carbocycles. The SMILES string of the molecule is Cc1ccccc1C(=O)Nc1ccc(C(=O)NNC(=O)c2cccc(I)c2)cc1. The first-order valence-corrected chi connectivity index (χ1v) is 9.85. The zero-order chi connectivity index (χ0) is 20.8. The molecular weight excluding hydrogens is 481 g/mol. The quantitative estimate of drug-likeness (QED) is 0.376. The third kappa shape index (κ3) is 5.41. The number of hydrogen-bond donors (Lipinski definition) is 3. The minimum atomic E-state index is -0.458. The maximum Gasteiger partial charge on any atom is 0.269 e. The van der Waals surface area contributed by atoms with Crippen LogP contribution in [0.1, 0.15) is 36.6 Å². The van der Waals surface area contributed by atoms with Gasteiger partial charge in [-0.2, -0.15) is 0 Å². The lowest BCUT2D eigenvalue weighted by Gasteiger charge is -2.10. The third-order valence-corrected chi connectivity index (χ3v) is 4.84. The Morgan fingerprint density at radius 3 is 2.03 bits per heavy atom. The van der Waals surface area contributed by atoms with Crippen LogP contribution in [0.2, 0.25) is 0 Å². The second-order valence-electron chi connectivity index (χ2n) is 6.26. The number of benzene rings is 3. The van der Waals surface area contributed by atoms with Crippen molar-refractivity contribution in [2.24, 2.45) is 0 Å². The fraction of sp³-hybridized carbons (Fsp3) is 0.0455. The van der Waals surface area contributed by atoms with Crippen molar-refractivity contribution in [3.05, 3.63) is 98.6 Å². The first-order chi connectivity index (χ1) is 13.9. The van der Waals surface area contributed by atoms with E-state index in [4.69, 9.17) is 0 Å². The summed E-state index contributed by atoms with van der Waals surface area (Å²) in [6.07, 6.45) is 0. The molecule has 0 unspecified atom stereocenters. The lowest BCUT2D eigenvalue weighted by atomic mass is 10.1. The van der Waals surface area contributed by atoms with Crippen LogP contribution in [0.3, 0.4) is 0 Å². The Labute approximate surface area is 181 Å². The van der Waals surface area contributed by atoms with Gasteiger partial charge in [-0.3, -0.25) is 25.2 Å².